The van der Waals surface area contributed by atoms with Crippen LogP contribution in [-0.4, -0.2) is 24.2 Å². The summed E-state index contributed by atoms with van der Waals surface area (Å²) in [5.74, 6) is 2.40. The molecule has 2 aromatic rings. The minimum Gasteiger partial charge on any atom is -0.494 e. The quantitative estimate of drug-likeness (QED) is 0.305. The lowest BCUT2D eigenvalue weighted by atomic mass is 9.87. The Kier molecular flexibility index (Phi) is 10.7. The van der Waals surface area contributed by atoms with Crippen molar-refractivity contribution in [2.24, 2.45) is 11.8 Å². The summed E-state index contributed by atoms with van der Waals surface area (Å²) < 4.78 is 12.6. The van der Waals surface area contributed by atoms with Crippen LogP contribution in [0.25, 0.3) is 0 Å². The van der Waals surface area contributed by atoms with Gasteiger partial charge >= 0.3 is 0 Å². The summed E-state index contributed by atoms with van der Waals surface area (Å²) in [6.45, 7) is 5.58. The highest BCUT2D eigenvalue weighted by Crippen LogP contribution is 2.27. The van der Waals surface area contributed by atoms with Crippen LogP contribution in [0.4, 0.5) is 5.69 Å². The van der Waals surface area contributed by atoms with Crippen LogP contribution in [0.2, 0.25) is 0 Å². The molecule has 1 amide bonds. The van der Waals surface area contributed by atoms with Gasteiger partial charge in [-0.15, -0.1) is 0 Å². The van der Waals surface area contributed by atoms with Crippen LogP contribution in [0.15, 0.2) is 46.9 Å². The molecule has 0 saturated heterocycles. The van der Waals surface area contributed by atoms with Crippen LogP contribution in [-0.2, 0) is 0 Å². The van der Waals surface area contributed by atoms with Crippen molar-refractivity contribution in [2.45, 2.75) is 58.8 Å². The van der Waals surface area contributed by atoms with Crippen molar-refractivity contribution in [1.29, 1.82) is 0 Å². The van der Waals surface area contributed by atoms with E-state index in [1.165, 1.54) is 32.1 Å². The summed E-state index contributed by atoms with van der Waals surface area (Å²) in [6.07, 6.45) is 8.79. The Morgan fingerprint density at radius 2 is 1.79 bits per heavy atom. The Bertz CT molecular complexity index is 943. The maximum Gasteiger partial charge on any atom is 0.261 e. The molecule has 1 aliphatic carbocycles. The number of benzene rings is 2. The Morgan fingerprint density at radius 1 is 1.06 bits per heavy atom. The van der Waals surface area contributed by atoms with E-state index >= 15 is 0 Å². The van der Waals surface area contributed by atoms with E-state index < -0.39 is 0 Å². The Hall–Kier alpha value is -2.12. The standard InChI is InChI=1S/C27H35BrN2O3S/c1-19(2)14-16-33-25-13-8-21(28)18-24(25)26(31)30-27(34)29-22-9-11-23(12-10-22)32-17-15-20-6-4-3-5-7-20/h8-13,18-20H,3-7,14-17H2,1-2H3,(H2,29,30,31,34). The van der Waals surface area contributed by atoms with Crippen molar-refractivity contribution in [1.82, 2.24) is 5.32 Å². The molecule has 0 bridgehead atoms. The molecule has 3 rings (SSSR count). The zero-order valence-electron chi connectivity index (χ0n) is 20.1. The molecule has 7 heteroatoms. The molecule has 5 nitrogen and oxygen atoms in total. The summed E-state index contributed by atoms with van der Waals surface area (Å²) >= 11 is 8.79. The molecular weight excluding hydrogens is 512 g/mol. The number of hydrogen-bond acceptors (Lipinski definition) is 4. The van der Waals surface area contributed by atoms with Crippen LogP contribution in [0.3, 0.4) is 0 Å². The Labute approximate surface area is 217 Å². The second-order valence-corrected chi connectivity index (χ2v) is 10.6. The summed E-state index contributed by atoms with van der Waals surface area (Å²) in [4.78, 5) is 12.9. The average Bonchev–Trinajstić information content (AvgIpc) is 2.81. The van der Waals surface area contributed by atoms with E-state index in [1.54, 1.807) is 12.1 Å². The third-order valence-electron chi connectivity index (χ3n) is 6.00. The largest absolute Gasteiger partial charge is 0.494 e. The van der Waals surface area contributed by atoms with Crippen molar-refractivity contribution in [3.8, 4) is 11.5 Å². The fraction of sp³-hybridized carbons (Fsp3) is 0.481. The van der Waals surface area contributed by atoms with Crippen molar-refractivity contribution in [3.63, 3.8) is 0 Å². The van der Waals surface area contributed by atoms with Crippen LogP contribution in [0.1, 0.15) is 69.2 Å². The maximum atomic E-state index is 12.9. The number of anilines is 1. The highest BCUT2D eigenvalue weighted by Gasteiger charge is 2.16. The van der Waals surface area contributed by atoms with Gasteiger partial charge in [-0.3, -0.25) is 10.1 Å². The monoisotopic (exact) mass is 546 g/mol. The zero-order chi connectivity index (χ0) is 24.3. The summed E-state index contributed by atoms with van der Waals surface area (Å²) in [7, 11) is 0. The molecule has 1 aliphatic rings. The van der Waals surface area contributed by atoms with Gasteiger partial charge in [-0.1, -0.05) is 61.9 Å². The van der Waals surface area contributed by atoms with E-state index in [1.807, 2.05) is 30.3 Å². The number of rotatable bonds is 10. The van der Waals surface area contributed by atoms with Crippen LogP contribution in [0.5, 0.6) is 11.5 Å². The van der Waals surface area contributed by atoms with E-state index in [4.69, 9.17) is 21.7 Å². The van der Waals surface area contributed by atoms with Gasteiger partial charge in [0.25, 0.3) is 5.91 Å². The normalized spacial score (nSPS) is 14.0. The first kappa shape index (κ1) is 26.5. The Balaban J connectivity index is 1.48. The summed E-state index contributed by atoms with van der Waals surface area (Å²) in [6, 6.07) is 13.0. The minimum atomic E-state index is -0.319. The molecule has 0 unspecified atom stereocenters. The minimum absolute atomic E-state index is 0.226. The first-order valence-corrected chi connectivity index (χ1v) is 13.4. The first-order chi connectivity index (χ1) is 16.4. The second-order valence-electron chi connectivity index (χ2n) is 9.25. The molecular formula is C27H35BrN2O3S. The van der Waals surface area contributed by atoms with E-state index in [2.05, 4.69) is 40.4 Å². The van der Waals surface area contributed by atoms with E-state index in [0.717, 1.165) is 41.3 Å². The van der Waals surface area contributed by atoms with Gasteiger partial charge in [0.15, 0.2) is 5.11 Å². The molecule has 2 aromatic carbocycles. The Morgan fingerprint density at radius 3 is 2.50 bits per heavy atom. The third kappa shape index (κ3) is 8.91. The number of carbonyl (C=O) groups is 1. The van der Waals surface area contributed by atoms with Gasteiger partial charge < -0.3 is 14.8 Å². The van der Waals surface area contributed by atoms with Crippen LogP contribution >= 0.6 is 28.1 Å². The van der Waals surface area contributed by atoms with Crippen molar-refractivity contribution >= 4 is 44.9 Å². The molecule has 184 valence electrons. The van der Waals surface area contributed by atoms with Gasteiger partial charge in [0, 0.05) is 10.2 Å². The topological polar surface area (TPSA) is 59.6 Å². The lowest BCUT2D eigenvalue weighted by molar-refractivity contribution is 0.0973. The zero-order valence-corrected chi connectivity index (χ0v) is 22.5. The highest BCUT2D eigenvalue weighted by molar-refractivity contribution is 9.10. The number of ether oxygens (including phenoxy) is 2. The molecule has 0 aliphatic heterocycles. The second kappa shape index (κ2) is 13.7. The van der Waals surface area contributed by atoms with Gasteiger partial charge in [0.2, 0.25) is 0 Å². The first-order valence-electron chi connectivity index (χ1n) is 12.2. The number of nitrogens with one attached hydrogen (secondary N) is 2. The van der Waals surface area contributed by atoms with Gasteiger partial charge in [-0.2, -0.15) is 0 Å². The maximum absolute atomic E-state index is 12.9. The number of hydrogen-bond donors (Lipinski definition) is 2. The summed E-state index contributed by atoms with van der Waals surface area (Å²) in [5.41, 5.74) is 1.22. The van der Waals surface area contributed by atoms with Crippen LogP contribution in [0, 0.1) is 11.8 Å². The predicted molar refractivity (Wildman–Crippen MR) is 146 cm³/mol. The molecule has 0 atom stereocenters. The van der Waals surface area contributed by atoms with Gasteiger partial charge in [0.05, 0.1) is 18.8 Å². The van der Waals surface area contributed by atoms with Crippen LogP contribution < -0.4 is 20.1 Å². The number of amides is 1. The van der Waals surface area contributed by atoms with Gasteiger partial charge in [0.1, 0.15) is 11.5 Å². The smallest absolute Gasteiger partial charge is 0.261 e. The molecule has 2 N–H and O–H groups in total. The van der Waals surface area contributed by atoms with Crippen molar-refractivity contribution in [3.05, 3.63) is 52.5 Å². The van der Waals surface area contributed by atoms with Crippen molar-refractivity contribution in [2.75, 3.05) is 18.5 Å². The van der Waals surface area contributed by atoms with Gasteiger partial charge in [-0.05, 0) is 79.4 Å². The lowest BCUT2D eigenvalue weighted by Gasteiger charge is -2.21. The number of thiocarbonyl (C=S) groups is 1. The average molecular weight is 548 g/mol. The van der Waals surface area contributed by atoms with Crippen molar-refractivity contribution < 1.29 is 14.3 Å². The molecule has 34 heavy (non-hydrogen) atoms. The molecule has 0 spiro atoms. The summed E-state index contributed by atoms with van der Waals surface area (Å²) in [5, 5.41) is 6.03. The number of carbonyl (C=O) groups excluding carboxylic acids is 1. The van der Waals surface area contributed by atoms with E-state index in [9.17, 15) is 4.79 Å². The fourth-order valence-electron chi connectivity index (χ4n) is 4.00. The molecule has 1 saturated carbocycles. The SMILES string of the molecule is CC(C)CCOc1ccc(Br)cc1C(=O)NC(=S)Nc1ccc(OCCC2CCCCC2)cc1. The third-order valence-corrected chi connectivity index (χ3v) is 6.70. The lowest BCUT2D eigenvalue weighted by Crippen LogP contribution is -2.34. The van der Waals surface area contributed by atoms with E-state index in [-0.39, 0.29) is 11.0 Å². The molecule has 1 fully saturated rings. The molecule has 0 radical (unpaired) electrons. The van der Waals surface area contributed by atoms with E-state index in [0.29, 0.717) is 23.8 Å². The predicted octanol–water partition coefficient (Wildman–Crippen LogP) is 7.35. The fourth-order valence-corrected chi connectivity index (χ4v) is 4.57. The number of halogens is 1. The molecule has 0 heterocycles. The van der Waals surface area contributed by atoms with Gasteiger partial charge in [-0.25, -0.2) is 0 Å². The highest BCUT2D eigenvalue weighted by atomic mass is 79.9. The molecule has 0 aromatic heterocycles.